The van der Waals surface area contributed by atoms with E-state index in [9.17, 15) is 52.8 Å². The molecule has 31 heteroatoms. The van der Waals surface area contributed by atoms with Crippen molar-refractivity contribution in [3.05, 3.63) is 89.4 Å². The first-order valence-electron chi connectivity index (χ1n) is 26.2. The largest absolute Gasteiger partial charge is 1.00 e. The van der Waals surface area contributed by atoms with Gasteiger partial charge in [-0.25, -0.2) is 45.6 Å². The summed E-state index contributed by atoms with van der Waals surface area (Å²) in [6.07, 6.45) is -1.24. The van der Waals surface area contributed by atoms with Gasteiger partial charge in [-0.05, 0) is 132 Å². The Labute approximate surface area is 483 Å². The number of ether oxygens (including phenoxy) is 2. The monoisotopic (exact) mass is 1230 g/mol. The van der Waals surface area contributed by atoms with Crippen molar-refractivity contribution in [3.8, 4) is 23.4 Å². The molecule has 0 unspecified atom stereocenters. The van der Waals surface area contributed by atoms with E-state index in [0.717, 1.165) is 40.0 Å². The molecule has 0 spiro atoms. The smallest absolute Gasteiger partial charge is 0.397 e. The summed E-state index contributed by atoms with van der Waals surface area (Å²) in [5, 5.41) is 19.7. The second kappa shape index (κ2) is 24.8. The van der Waals surface area contributed by atoms with Crippen molar-refractivity contribution in [2.24, 2.45) is 36.8 Å². The van der Waals surface area contributed by atoms with Crippen LogP contribution in [0.15, 0.2) is 71.0 Å². The van der Waals surface area contributed by atoms with E-state index in [2.05, 4.69) is 68.1 Å². The predicted molar refractivity (Wildman–Crippen MR) is 294 cm³/mol. The second-order valence-electron chi connectivity index (χ2n) is 23.6. The number of alkyl halides is 6. The van der Waals surface area contributed by atoms with Gasteiger partial charge in [0.05, 0.1) is 39.0 Å². The van der Waals surface area contributed by atoms with Gasteiger partial charge in [0.1, 0.15) is 28.8 Å². The molecular formula is C53H72F7N14O8S2-. The van der Waals surface area contributed by atoms with Gasteiger partial charge >= 0.3 is 12.4 Å². The van der Waals surface area contributed by atoms with E-state index in [-0.39, 0.29) is 77.8 Å². The maximum Gasteiger partial charge on any atom is 0.397 e. The van der Waals surface area contributed by atoms with Crippen LogP contribution in [0.4, 0.5) is 32.2 Å². The van der Waals surface area contributed by atoms with Gasteiger partial charge in [0.25, 0.3) is 31.9 Å². The molecule has 2 amide bonds. The highest BCUT2D eigenvalue weighted by Gasteiger charge is 2.49. The van der Waals surface area contributed by atoms with Gasteiger partial charge in [-0.3, -0.25) is 19.0 Å². The minimum Gasteiger partial charge on any atom is -1.00 e. The number of aromatic nitrogens is 10. The molecule has 0 bridgehead atoms. The zero-order valence-electron chi connectivity index (χ0n) is 49.3. The van der Waals surface area contributed by atoms with Gasteiger partial charge in [-0.2, -0.15) is 36.5 Å². The Morgan fingerprint density at radius 1 is 0.643 bits per heavy atom. The summed E-state index contributed by atoms with van der Waals surface area (Å²) in [4.78, 5) is 36.6. The Kier molecular flexibility index (Phi) is 20.0. The predicted octanol–water partition coefficient (Wildman–Crippen LogP) is 5.12. The van der Waals surface area contributed by atoms with E-state index in [1.165, 1.54) is 114 Å². The van der Waals surface area contributed by atoms with E-state index in [0.29, 0.717) is 12.1 Å². The summed E-state index contributed by atoms with van der Waals surface area (Å²) < 4.78 is 150. The summed E-state index contributed by atoms with van der Waals surface area (Å²) in [5.74, 6) is 0.128. The molecule has 0 aromatic carbocycles. The van der Waals surface area contributed by atoms with Crippen LogP contribution in [-0.2, 0) is 34.1 Å². The molecule has 2 aliphatic heterocycles. The topological polar surface area (TPSA) is 257 Å². The lowest BCUT2D eigenvalue weighted by molar-refractivity contribution is -0.220. The molecule has 2 saturated heterocycles. The number of hydrogen-bond donors (Lipinski definition) is 3. The number of sulfonamides is 2. The molecule has 0 saturated carbocycles. The van der Waals surface area contributed by atoms with Crippen LogP contribution in [0.5, 0.6) is 11.8 Å². The van der Waals surface area contributed by atoms with Crippen LogP contribution in [0.25, 0.3) is 11.6 Å². The number of carbonyl (C=O) groups is 2. The fraction of sp³-hybridized carbons (Fsp3) is 0.547. The molecule has 464 valence electrons. The fourth-order valence-corrected chi connectivity index (χ4v) is 11.5. The number of halogens is 7. The standard InChI is InChI=1S/C26H34F3N7O4S.C20H23F3N6O4S.C7H15N.FH/c1-16-12-25(5,6)35(13-16)22-18(23(37)33-41(38,39)19-14-34(7)31-17(19)2)8-9-20(30-22)36-11-10-21(32-36)40-15-24(3,4)26(27,28)29;1-12-14(18(30)27-34(31,32)15-10-28(5)25-13(15)2)6-7-16(24-12)29-9-8-17(26-29)33-11-19(3,4)20(21,22)23;1-6-4-7(2,3)8-5-6;/h8-11,14,16H,12-13,15H2,1-7H3,(H,33,37);6-10H,11H2,1-5H3,(H,27,30);6,8H,4-5H2,1-3H3;1H/p-1/t16-;;6-;/m0.0./s1. The lowest BCUT2D eigenvalue weighted by Gasteiger charge is -2.34. The van der Waals surface area contributed by atoms with Crippen molar-refractivity contribution in [2.45, 2.75) is 136 Å². The summed E-state index contributed by atoms with van der Waals surface area (Å²) in [6.45, 7) is 22.1. The van der Waals surface area contributed by atoms with Gasteiger partial charge in [0.15, 0.2) is 11.6 Å². The van der Waals surface area contributed by atoms with E-state index in [1.54, 1.807) is 14.1 Å². The molecule has 3 N–H and O–H groups in total. The van der Waals surface area contributed by atoms with Crippen LogP contribution in [0, 0.1) is 43.4 Å². The Bertz CT molecular complexity index is 3550. The van der Waals surface area contributed by atoms with Crippen molar-refractivity contribution in [1.82, 2.24) is 63.9 Å². The Balaban J connectivity index is 0.000000271. The van der Waals surface area contributed by atoms with Crippen molar-refractivity contribution in [2.75, 3.05) is 31.2 Å². The maximum absolute atomic E-state index is 13.4. The average molecular weight is 1230 g/mol. The van der Waals surface area contributed by atoms with Crippen LogP contribution >= 0.6 is 0 Å². The molecule has 2 aliphatic rings. The molecule has 0 aliphatic carbocycles. The Morgan fingerprint density at radius 3 is 1.42 bits per heavy atom. The number of amides is 2. The van der Waals surface area contributed by atoms with Gasteiger partial charge < -0.3 is 24.4 Å². The lowest BCUT2D eigenvalue weighted by atomic mass is 9.94. The highest BCUT2D eigenvalue weighted by molar-refractivity contribution is 7.90. The third-order valence-corrected chi connectivity index (χ3v) is 16.7. The number of pyridine rings is 2. The molecule has 6 aromatic rings. The van der Waals surface area contributed by atoms with Crippen molar-refractivity contribution >= 4 is 37.7 Å². The third-order valence-electron chi connectivity index (χ3n) is 13.8. The van der Waals surface area contributed by atoms with Crippen LogP contribution in [-0.4, -0.2) is 127 Å². The zero-order valence-corrected chi connectivity index (χ0v) is 51.0. The highest BCUT2D eigenvalue weighted by Crippen LogP contribution is 2.40. The van der Waals surface area contributed by atoms with Crippen molar-refractivity contribution < 1.29 is 66.9 Å². The van der Waals surface area contributed by atoms with E-state index in [1.807, 2.05) is 23.5 Å². The third kappa shape index (κ3) is 16.2. The molecule has 6 aromatic heterocycles. The second-order valence-corrected chi connectivity index (χ2v) is 26.9. The first kappa shape index (κ1) is 67.6. The minimum absolute atomic E-state index is 0. The highest BCUT2D eigenvalue weighted by atomic mass is 32.2. The lowest BCUT2D eigenvalue weighted by Crippen LogP contribution is -3.00. The quantitative estimate of drug-likeness (QED) is 0.113. The molecule has 0 radical (unpaired) electrons. The molecule has 8 rings (SSSR count). The van der Waals surface area contributed by atoms with Crippen molar-refractivity contribution in [3.63, 3.8) is 0 Å². The Hall–Kier alpha value is -7.15. The number of carbonyl (C=O) groups excluding carboxylic acids is 2. The molecule has 84 heavy (non-hydrogen) atoms. The van der Waals surface area contributed by atoms with Gasteiger partial charge in [-0.1, -0.05) is 13.8 Å². The molecule has 2 atom stereocenters. The van der Waals surface area contributed by atoms with Crippen LogP contribution in [0.2, 0.25) is 0 Å². The van der Waals surface area contributed by atoms with E-state index >= 15 is 0 Å². The number of rotatable bonds is 15. The van der Waals surface area contributed by atoms with Gasteiger partial charge in [0, 0.05) is 68.6 Å². The number of hydrogen-bond acceptors (Lipinski definition) is 16. The number of nitrogens with one attached hydrogen (secondary N) is 3. The Morgan fingerprint density at radius 2 is 1.07 bits per heavy atom. The maximum atomic E-state index is 13.4. The van der Waals surface area contributed by atoms with Crippen molar-refractivity contribution in [1.29, 1.82) is 0 Å². The van der Waals surface area contributed by atoms with Gasteiger partial charge in [-0.15, -0.1) is 10.2 Å². The van der Waals surface area contributed by atoms with Gasteiger partial charge in [0.2, 0.25) is 11.8 Å². The minimum atomic E-state index is -4.45. The normalized spacial score (nSPS) is 17.1. The van der Waals surface area contributed by atoms with E-state index in [4.69, 9.17) is 9.47 Å². The summed E-state index contributed by atoms with van der Waals surface area (Å²) in [7, 11) is -5.24. The molecule has 2 fully saturated rings. The van der Waals surface area contributed by atoms with E-state index < -0.39 is 73.8 Å². The summed E-state index contributed by atoms with van der Waals surface area (Å²) in [5.41, 5.74) is -3.38. The molecule has 22 nitrogen and oxygen atoms in total. The summed E-state index contributed by atoms with van der Waals surface area (Å²) >= 11 is 0. The van der Waals surface area contributed by atoms with Crippen LogP contribution in [0.3, 0.4) is 0 Å². The first-order valence-corrected chi connectivity index (χ1v) is 29.2. The fourth-order valence-electron chi connectivity index (χ4n) is 9.13. The zero-order chi connectivity index (χ0) is 62.2. The summed E-state index contributed by atoms with van der Waals surface area (Å²) in [6, 6.07) is 8.51. The van der Waals surface area contributed by atoms with Crippen LogP contribution < -0.4 is 33.8 Å². The molecule has 8 heterocycles. The number of nitrogens with zero attached hydrogens (tertiary/aromatic N) is 11. The molecular weight excluding hydrogens is 1160 g/mol. The average Bonchev–Trinajstić information content (AvgIpc) is 4.39. The van der Waals surface area contributed by atoms with Crippen LogP contribution in [0.1, 0.15) is 120 Å². The number of anilines is 1. The first-order chi connectivity index (χ1) is 38.0. The number of aryl methyl sites for hydroxylation is 5. The SMILES string of the molecule is C[C@@H]1CNC(C)(C)C1.Cc1nc(-n2ccc(OCC(C)(C)C(F)(F)F)n2)ccc1C(=O)NS(=O)(=O)c1cn(C)nc1C.Cc1nn(C)cc1S(=O)(=O)NC(=O)c1ccc(-n2ccc(OCC(C)(C)C(F)(F)F)n2)nc1N1C[C@@H](C)CC1(C)C.[F-].